The molecule has 1 amide bonds. The number of fused-ring (bicyclic) bond motifs is 1. The summed E-state index contributed by atoms with van der Waals surface area (Å²) in [7, 11) is 1.51. The summed E-state index contributed by atoms with van der Waals surface area (Å²) in [5.41, 5.74) is 1.03. The third-order valence-electron chi connectivity index (χ3n) is 6.77. The lowest BCUT2D eigenvalue weighted by Crippen LogP contribution is -2.47. The number of piperazine rings is 1. The molecule has 1 saturated heterocycles. The molecule has 9 heteroatoms. The maximum Gasteiger partial charge on any atom is 0.261 e. The minimum atomic E-state index is -0.555. The van der Waals surface area contributed by atoms with Crippen molar-refractivity contribution in [2.45, 2.75) is 18.9 Å². The van der Waals surface area contributed by atoms with Gasteiger partial charge in [-0.05, 0) is 37.1 Å². The quantitative estimate of drug-likeness (QED) is 0.541. The van der Waals surface area contributed by atoms with Crippen LogP contribution in [0.1, 0.15) is 29.2 Å². The SMILES string of the molecule is COc1ccccc1NC(=O)c1cn(C2CC2)c2cc(N3CCN(CCO)CC3)c(F)cc2c1=O. The summed E-state index contributed by atoms with van der Waals surface area (Å²) >= 11 is 0. The monoisotopic (exact) mass is 480 g/mol. The van der Waals surface area contributed by atoms with E-state index in [0.717, 1.165) is 25.9 Å². The number of para-hydroxylation sites is 2. The maximum atomic E-state index is 15.3. The van der Waals surface area contributed by atoms with Crippen LogP contribution in [0.25, 0.3) is 10.9 Å². The van der Waals surface area contributed by atoms with Crippen molar-refractivity contribution in [1.82, 2.24) is 9.47 Å². The summed E-state index contributed by atoms with van der Waals surface area (Å²) in [5.74, 6) is -0.547. The van der Waals surface area contributed by atoms with Gasteiger partial charge in [-0.2, -0.15) is 0 Å². The summed E-state index contributed by atoms with van der Waals surface area (Å²) in [5, 5.41) is 12.1. The predicted octanol–water partition coefficient (Wildman–Crippen LogP) is 2.85. The van der Waals surface area contributed by atoms with Gasteiger partial charge in [-0.3, -0.25) is 14.5 Å². The highest BCUT2D eigenvalue weighted by Gasteiger charge is 2.29. The molecule has 1 aromatic heterocycles. The lowest BCUT2D eigenvalue weighted by Gasteiger charge is -2.36. The molecule has 2 aliphatic rings. The highest BCUT2D eigenvalue weighted by atomic mass is 19.1. The number of amides is 1. The zero-order chi connectivity index (χ0) is 24.5. The number of nitrogens with one attached hydrogen (secondary N) is 1. The van der Waals surface area contributed by atoms with E-state index in [1.54, 1.807) is 36.5 Å². The highest BCUT2D eigenvalue weighted by Crippen LogP contribution is 2.38. The number of hydrogen-bond acceptors (Lipinski definition) is 6. The number of aliphatic hydroxyl groups excluding tert-OH is 1. The van der Waals surface area contributed by atoms with Crippen LogP contribution < -0.4 is 20.4 Å². The Kier molecular flexibility index (Phi) is 6.44. The first kappa shape index (κ1) is 23.3. The van der Waals surface area contributed by atoms with Gasteiger partial charge in [-0.15, -0.1) is 0 Å². The second-order valence-corrected chi connectivity index (χ2v) is 9.04. The Balaban J connectivity index is 1.52. The van der Waals surface area contributed by atoms with Crippen LogP contribution in [0, 0.1) is 5.82 Å². The van der Waals surface area contributed by atoms with E-state index < -0.39 is 17.2 Å². The van der Waals surface area contributed by atoms with E-state index in [2.05, 4.69) is 10.2 Å². The third kappa shape index (κ3) is 4.61. The molecule has 1 saturated carbocycles. The topological polar surface area (TPSA) is 87.0 Å². The number of aliphatic hydroxyl groups is 1. The summed E-state index contributed by atoms with van der Waals surface area (Å²) in [6, 6.07) is 10.2. The van der Waals surface area contributed by atoms with Crippen molar-refractivity contribution in [2.75, 3.05) is 56.7 Å². The Morgan fingerprint density at radius 2 is 1.91 bits per heavy atom. The number of rotatable bonds is 7. The van der Waals surface area contributed by atoms with Gasteiger partial charge in [-0.1, -0.05) is 12.1 Å². The standard InChI is InChI=1S/C26H29FN4O4/c1-35-24-5-3-2-4-21(24)28-26(34)19-16-31(17-6-7-17)22-15-23(20(27)14-18(22)25(19)33)30-10-8-29(9-11-30)12-13-32/h2-5,14-17,32H,6-13H2,1H3,(H,28,34). The molecule has 3 aromatic rings. The second kappa shape index (κ2) is 9.67. The number of hydrogen-bond donors (Lipinski definition) is 2. The van der Waals surface area contributed by atoms with Crippen molar-refractivity contribution >= 4 is 28.2 Å². The van der Waals surface area contributed by atoms with Crippen molar-refractivity contribution in [3.05, 3.63) is 64.2 Å². The zero-order valence-corrected chi connectivity index (χ0v) is 19.7. The third-order valence-corrected chi connectivity index (χ3v) is 6.77. The Morgan fingerprint density at radius 1 is 1.17 bits per heavy atom. The van der Waals surface area contributed by atoms with E-state index in [-0.39, 0.29) is 23.6 Å². The first-order valence-corrected chi connectivity index (χ1v) is 11.9. The van der Waals surface area contributed by atoms with Crippen molar-refractivity contribution in [3.8, 4) is 5.75 Å². The number of nitrogens with zero attached hydrogens (tertiary/aromatic N) is 3. The van der Waals surface area contributed by atoms with Crippen molar-refractivity contribution in [1.29, 1.82) is 0 Å². The normalized spacial score (nSPS) is 16.5. The molecule has 5 rings (SSSR count). The van der Waals surface area contributed by atoms with Crippen LogP contribution >= 0.6 is 0 Å². The van der Waals surface area contributed by atoms with Crippen LogP contribution in [0.3, 0.4) is 0 Å². The van der Waals surface area contributed by atoms with Gasteiger partial charge in [0.05, 0.1) is 30.6 Å². The molecule has 1 aliphatic heterocycles. The largest absolute Gasteiger partial charge is 0.495 e. The number of carbonyl (C=O) groups is 1. The van der Waals surface area contributed by atoms with Gasteiger partial charge >= 0.3 is 0 Å². The summed E-state index contributed by atoms with van der Waals surface area (Å²) in [6.07, 6.45) is 3.49. The van der Waals surface area contributed by atoms with Crippen LogP contribution in [-0.4, -0.2) is 66.9 Å². The van der Waals surface area contributed by atoms with E-state index >= 15 is 4.39 Å². The summed E-state index contributed by atoms with van der Waals surface area (Å²) in [6.45, 7) is 3.44. The summed E-state index contributed by atoms with van der Waals surface area (Å²) < 4.78 is 22.5. The van der Waals surface area contributed by atoms with E-state index in [1.165, 1.54) is 13.2 Å². The number of anilines is 2. The van der Waals surface area contributed by atoms with Gasteiger partial charge in [0.2, 0.25) is 5.43 Å². The van der Waals surface area contributed by atoms with Crippen LogP contribution in [0.4, 0.5) is 15.8 Å². The van der Waals surface area contributed by atoms with Crippen LogP contribution in [0.2, 0.25) is 0 Å². The Labute approximate surface area is 202 Å². The van der Waals surface area contributed by atoms with Gasteiger partial charge in [-0.25, -0.2) is 4.39 Å². The van der Waals surface area contributed by atoms with E-state index in [4.69, 9.17) is 9.84 Å². The van der Waals surface area contributed by atoms with Crippen molar-refractivity contribution < 1.29 is 19.0 Å². The molecule has 2 fully saturated rings. The average molecular weight is 481 g/mol. The number of β-amino-alcohol motifs (C(OH)–C–C–N with tert-alkyl or cyclic N) is 1. The van der Waals surface area contributed by atoms with Gasteiger partial charge in [0.1, 0.15) is 17.1 Å². The second-order valence-electron chi connectivity index (χ2n) is 9.04. The molecule has 2 N–H and O–H groups in total. The molecule has 1 aliphatic carbocycles. The van der Waals surface area contributed by atoms with E-state index in [9.17, 15) is 9.59 Å². The Morgan fingerprint density at radius 3 is 2.60 bits per heavy atom. The number of halogens is 1. The fraction of sp³-hybridized carbons (Fsp3) is 0.385. The molecular formula is C26H29FN4O4. The lowest BCUT2D eigenvalue weighted by molar-refractivity contribution is 0.102. The minimum Gasteiger partial charge on any atom is -0.495 e. The highest BCUT2D eigenvalue weighted by molar-refractivity contribution is 6.06. The average Bonchev–Trinajstić information content (AvgIpc) is 3.71. The van der Waals surface area contributed by atoms with Crippen LogP contribution in [0.5, 0.6) is 5.75 Å². The van der Waals surface area contributed by atoms with Crippen LogP contribution in [0.15, 0.2) is 47.4 Å². The molecule has 0 radical (unpaired) electrons. The molecule has 184 valence electrons. The van der Waals surface area contributed by atoms with Crippen molar-refractivity contribution in [3.63, 3.8) is 0 Å². The number of aromatic nitrogens is 1. The Hall–Kier alpha value is -3.43. The Bertz CT molecular complexity index is 1310. The molecule has 35 heavy (non-hydrogen) atoms. The van der Waals surface area contributed by atoms with Crippen LogP contribution in [-0.2, 0) is 0 Å². The predicted molar refractivity (Wildman–Crippen MR) is 133 cm³/mol. The number of ether oxygens (including phenoxy) is 1. The first-order valence-electron chi connectivity index (χ1n) is 11.9. The smallest absolute Gasteiger partial charge is 0.261 e. The molecule has 8 nitrogen and oxygen atoms in total. The van der Waals surface area contributed by atoms with Gasteiger partial charge in [0.25, 0.3) is 5.91 Å². The molecule has 0 spiro atoms. The molecule has 2 heterocycles. The van der Waals surface area contributed by atoms with E-state index in [0.29, 0.717) is 42.3 Å². The molecular weight excluding hydrogens is 451 g/mol. The number of carbonyl (C=O) groups excluding carboxylic acids is 1. The molecule has 0 atom stereocenters. The summed E-state index contributed by atoms with van der Waals surface area (Å²) in [4.78, 5) is 30.6. The number of methoxy groups -OCH3 is 1. The number of pyridine rings is 1. The van der Waals surface area contributed by atoms with E-state index in [1.807, 2.05) is 9.47 Å². The molecule has 0 bridgehead atoms. The first-order chi connectivity index (χ1) is 17.0. The fourth-order valence-electron chi connectivity index (χ4n) is 4.71. The molecule has 0 unspecified atom stereocenters. The fourth-order valence-corrected chi connectivity index (χ4v) is 4.71. The minimum absolute atomic E-state index is 0.0277. The van der Waals surface area contributed by atoms with Crippen molar-refractivity contribution in [2.24, 2.45) is 0 Å². The number of benzene rings is 2. The molecule has 2 aromatic carbocycles. The zero-order valence-electron chi connectivity index (χ0n) is 19.7. The lowest BCUT2D eigenvalue weighted by atomic mass is 10.1. The van der Waals surface area contributed by atoms with Gasteiger partial charge in [0.15, 0.2) is 0 Å². The van der Waals surface area contributed by atoms with Gasteiger partial charge < -0.3 is 24.6 Å². The maximum absolute atomic E-state index is 15.3. The van der Waals surface area contributed by atoms with Gasteiger partial charge in [0, 0.05) is 50.3 Å².